The molecule has 0 radical (unpaired) electrons. The van der Waals surface area contributed by atoms with E-state index in [0.717, 1.165) is 0 Å². The molecular weight excluding hydrogens is 214 g/mol. The molecule has 1 N–H and O–H groups in total. The predicted molar refractivity (Wildman–Crippen MR) is 72.3 cm³/mol. The second-order valence-electron chi connectivity index (χ2n) is 4.30. The van der Waals surface area contributed by atoms with Crippen molar-refractivity contribution in [1.29, 1.82) is 0 Å². The highest BCUT2D eigenvalue weighted by Crippen LogP contribution is 2.22. The molecule has 2 heteroatoms. The van der Waals surface area contributed by atoms with Crippen LogP contribution < -0.4 is 5.32 Å². The number of thiophene rings is 1. The molecule has 1 unspecified atom stereocenters. The second kappa shape index (κ2) is 4.71. The lowest BCUT2D eigenvalue weighted by atomic mass is 10.0. The predicted octanol–water partition coefficient (Wildman–Crippen LogP) is 4.54. The molecule has 2 aromatic rings. The second-order valence-corrected chi connectivity index (χ2v) is 5.08. The Hall–Kier alpha value is -1.28. The van der Waals surface area contributed by atoms with Gasteiger partial charge in [-0.25, -0.2) is 0 Å². The topological polar surface area (TPSA) is 12.0 Å². The Kier molecular flexibility index (Phi) is 3.30. The van der Waals surface area contributed by atoms with Gasteiger partial charge in [-0.2, -0.15) is 11.3 Å². The van der Waals surface area contributed by atoms with Crippen LogP contribution in [0, 0.1) is 13.8 Å². The van der Waals surface area contributed by atoms with Gasteiger partial charge < -0.3 is 5.32 Å². The van der Waals surface area contributed by atoms with E-state index in [1.54, 1.807) is 11.3 Å². The van der Waals surface area contributed by atoms with E-state index in [4.69, 9.17) is 0 Å². The molecule has 0 bridgehead atoms. The maximum absolute atomic E-state index is 3.50. The largest absolute Gasteiger partial charge is 0.378 e. The highest BCUT2D eigenvalue weighted by atomic mass is 32.1. The van der Waals surface area contributed by atoms with Gasteiger partial charge in [0.05, 0.1) is 0 Å². The summed E-state index contributed by atoms with van der Waals surface area (Å²) in [6.45, 7) is 6.49. The zero-order valence-corrected chi connectivity index (χ0v) is 10.8. The average molecular weight is 231 g/mol. The van der Waals surface area contributed by atoms with Crippen LogP contribution in [0.3, 0.4) is 0 Å². The minimum atomic E-state index is 0.355. The first-order chi connectivity index (χ1) is 7.65. The van der Waals surface area contributed by atoms with Crippen molar-refractivity contribution in [3.8, 4) is 0 Å². The van der Waals surface area contributed by atoms with Crippen molar-refractivity contribution in [3.63, 3.8) is 0 Å². The standard InChI is InChI=1S/C14H17NS/c1-10-6-11(2)8-13(7-10)12(3)15-14-4-5-16-9-14/h4-9,12,15H,1-3H3. The summed E-state index contributed by atoms with van der Waals surface area (Å²) in [7, 11) is 0. The lowest BCUT2D eigenvalue weighted by molar-refractivity contribution is 0.882. The van der Waals surface area contributed by atoms with E-state index < -0.39 is 0 Å². The van der Waals surface area contributed by atoms with Crippen molar-refractivity contribution in [1.82, 2.24) is 0 Å². The molecule has 84 valence electrons. The zero-order chi connectivity index (χ0) is 11.5. The summed E-state index contributed by atoms with van der Waals surface area (Å²) in [6.07, 6.45) is 0. The van der Waals surface area contributed by atoms with E-state index in [1.807, 2.05) is 0 Å². The molecule has 1 aromatic heterocycles. The van der Waals surface area contributed by atoms with Crippen LogP contribution in [0.25, 0.3) is 0 Å². The Morgan fingerprint density at radius 2 is 1.81 bits per heavy atom. The molecule has 2 rings (SSSR count). The molecule has 0 aliphatic carbocycles. The molecule has 0 fully saturated rings. The first-order valence-corrected chi connectivity index (χ1v) is 6.46. The first-order valence-electron chi connectivity index (χ1n) is 5.52. The summed E-state index contributed by atoms with van der Waals surface area (Å²) in [5.41, 5.74) is 5.21. The molecule has 1 aromatic carbocycles. The van der Waals surface area contributed by atoms with Gasteiger partial charge in [0.2, 0.25) is 0 Å². The summed E-state index contributed by atoms with van der Waals surface area (Å²) in [6, 6.07) is 9.17. The van der Waals surface area contributed by atoms with Gasteiger partial charge >= 0.3 is 0 Å². The van der Waals surface area contributed by atoms with Gasteiger partial charge in [0.1, 0.15) is 0 Å². The van der Waals surface area contributed by atoms with Crippen molar-refractivity contribution < 1.29 is 0 Å². The normalized spacial score (nSPS) is 12.4. The third kappa shape index (κ3) is 2.64. The monoisotopic (exact) mass is 231 g/mol. The number of nitrogens with one attached hydrogen (secondary N) is 1. The van der Waals surface area contributed by atoms with Crippen molar-refractivity contribution >= 4 is 17.0 Å². The summed E-state index contributed by atoms with van der Waals surface area (Å²) in [5.74, 6) is 0. The van der Waals surface area contributed by atoms with E-state index in [0.29, 0.717) is 6.04 Å². The smallest absolute Gasteiger partial charge is 0.0486 e. The molecule has 0 aliphatic heterocycles. The molecule has 0 spiro atoms. The van der Waals surface area contributed by atoms with Crippen LogP contribution in [-0.4, -0.2) is 0 Å². The fraction of sp³-hybridized carbons (Fsp3) is 0.286. The number of aryl methyl sites for hydroxylation is 2. The Bertz CT molecular complexity index is 439. The van der Waals surface area contributed by atoms with Crippen molar-refractivity contribution in [2.45, 2.75) is 26.8 Å². The molecule has 0 amide bonds. The zero-order valence-electron chi connectivity index (χ0n) is 9.95. The lowest BCUT2D eigenvalue weighted by Crippen LogP contribution is -2.06. The van der Waals surface area contributed by atoms with E-state index in [-0.39, 0.29) is 0 Å². The molecule has 1 nitrogen and oxygen atoms in total. The van der Waals surface area contributed by atoms with Crippen molar-refractivity contribution in [2.24, 2.45) is 0 Å². The van der Waals surface area contributed by atoms with Crippen molar-refractivity contribution in [2.75, 3.05) is 5.32 Å². The Morgan fingerprint density at radius 1 is 1.12 bits per heavy atom. The van der Waals surface area contributed by atoms with Crippen LogP contribution in [0.15, 0.2) is 35.0 Å². The van der Waals surface area contributed by atoms with Gasteiger partial charge in [-0.15, -0.1) is 0 Å². The van der Waals surface area contributed by atoms with Gasteiger partial charge in [0.15, 0.2) is 0 Å². The summed E-state index contributed by atoms with van der Waals surface area (Å²) >= 11 is 1.72. The number of benzene rings is 1. The first kappa shape index (κ1) is 11.2. The third-order valence-corrected chi connectivity index (χ3v) is 3.33. The van der Waals surface area contributed by atoms with E-state index in [1.165, 1.54) is 22.4 Å². The highest BCUT2D eigenvalue weighted by Gasteiger charge is 2.06. The maximum atomic E-state index is 3.50. The van der Waals surface area contributed by atoms with E-state index >= 15 is 0 Å². The molecule has 0 aliphatic rings. The molecule has 16 heavy (non-hydrogen) atoms. The summed E-state index contributed by atoms with van der Waals surface area (Å²) in [5, 5.41) is 7.73. The van der Waals surface area contributed by atoms with Gasteiger partial charge in [-0.05, 0) is 37.8 Å². The highest BCUT2D eigenvalue weighted by molar-refractivity contribution is 7.08. The van der Waals surface area contributed by atoms with Crippen LogP contribution in [0.1, 0.15) is 29.7 Å². The number of anilines is 1. The minimum Gasteiger partial charge on any atom is -0.378 e. The summed E-state index contributed by atoms with van der Waals surface area (Å²) < 4.78 is 0. The van der Waals surface area contributed by atoms with Crippen LogP contribution in [-0.2, 0) is 0 Å². The van der Waals surface area contributed by atoms with Crippen molar-refractivity contribution in [3.05, 3.63) is 51.7 Å². The Morgan fingerprint density at radius 3 is 2.38 bits per heavy atom. The van der Waals surface area contributed by atoms with E-state index in [2.05, 4.69) is 61.1 Å². The number of hydrogen-bond acceptors (Lipinski definition) is 2. The minimum absolute atomic E-state index is 0.355. The van der Waals surface area contributed by atoms with Crippen LogP contribution in [0.2, 0.25) is 0 Å². The Labute approximate surface area is 101 Å². The molecule has 0 saturated heterocycles. The van der Waals surface area contributed by atoms with Gasteiger partial charge in [-0.3, -0.25) is 0 Å². The van der Waals surface area contributed by atoms with Gasteiger partial charge in [0, 0.05) is 17.1 Å². The van der Waals surface area contributed by atoms with Crippen LogP contribution in [0.4, 0.5) is 5.69 Å². The SMILES string of the molecule is Cc1cc(C)cc(C(C)Nc2ccsc2)c1. The quantitative estimate of drug-likeness (QED) is 0.818. The number of hydrogen-bond donors (Lipinski definition) is 1. The molecular formula is C14H17NS. The average Bonchev–Trinajstić information content (AvgIpc) is 2.68. The fourth-order valence-electron chi connectivity index (χ4n) is 1.94. The number of rotatable bonds is 3. The lowest BCUT2D eigenvalue weighted by Gasteiger charge is -2.15. The third-order valence-electron chi connectivity index (χ3n) is 2.65. The maximum Gasteiger partial charge on any atom is 0.0486 e. The summed E-state index contributed by atoms with van der Waals surface area (Å²) in [4.78, 5) is 0. The molecule has 1 atom stereocenters. The fourth-order valence-corrected chi connectivity index (χ4v) is 2.54. The van der Waals surface area contributed by atoms with Gasteiger partial charge in [-0.1, -0.05) is 29.3 Å². The van der Waals surface area contributed by atoms with Crippen LogP contribution >= 0.6 is 11.3 Å². The van der Waals surface area contributed by atoms with Crippen LogP contribution in [0.5, 0.6) is 0 Å². The Balaban J connectivity index is 2.17. The molecule has 1 heterocycles. The van der Waals surface area contributed by atoms with E-state index in [9.17, 15) is 0 Å². The molecule has 0 saturated carbocycles. The van der Waals surface area contributed by atoms with Gasteiger partial charge in [0.25, 0.3) is 0 Å².